The van der Waals surface area contributed by atoms with Gasteiger partial charge in [0.1, 0.15) is 40.3 Å². The van der Waals surface area contributed by atoms with Crippen LogP contribution in [-0.4, -0.2) is 51.9 Å². The molecular formula is C30H26ClF4N5O5. The van der Waals surface area contributed by atoms with Crippen LogP contribution < -0.4 is 20.5 Å². The molecule has 0 saturated heterocycles. The average Bonchev–Trinajstić information content (AvgIpc) is 3.69. The Morgan fingerprint density at radius 1 is 1.27 bits per heavy atom. The number of nitrogens with two attached hydrogens (primary N) is 1. The largest absolute Gasteiger partial charge is 0.494 e. The van der Waals surface area contributed by atoms with Gasteiger partial charge in [0, 0.05) is 28.3 Å². The number of fused-ring (bicyclic) bond motifs is 2. The molecule has 2 atom stereocenters. The van der Waals surface area contributed by atoms with E-state index >= 15 is 0 Å². The Morgan fingerprint density at radius 3 is 2.62 bits per heavy atom. The van der Waals surface area contributed by atoms with Crippen LogP contribution in [0.3, 0.4) is 0 Å². The van der Waals surface area contributed by atoms with Crippen LogP contribution >= 0.6 is 11.6 Å². The molecule has 236 valence electrons. The molecule has 0 radical (unpaired) electrons. The lowest BCUT2D eigenvalue weighted by Gasteiger charge is -2.30. The van der Waals surface area contributed by atoms with Crippen molar-refractivity contribution >= 4 is 34.3 Å². The topological polar surface area (TPSA) is 142 Å². The molecule has 2 amide bonds. The number of halogens is 5. The van der Waals surface area contributed by atoms with Crippen LogP contribution in [-0.2, 0) is 15.8 Å². The van der Waals surface area contributed by atoms with E-state index in [2.05, 4.69) is 15.4 Å². The summed E-state index contributed by atoms with van der Waals surface area (Å²) < 4.78 is 66.5. The predicted molar refractivity (Wildman–Crippen MR) is 153 cm³/mol. The molecular weight excluding hydrogens is 622 g/mol. The highest BCUT2D eigenvalue weighted by molar-refractivity contribution is 6.31. The second kappa shape index (κ2) is 10.9. The number of benzene rings is 2. The molecule has 2 aliphatic rings. The van der Waals surface area contributed by atoms with Crippen LogP contribution in [0, 0.1) is 17.6 Å². The van der Waals surface area contributed by atoms with Gasteiger partial charge in [0.05, 0.1) is 24.4 Å². The fourth-order valence-electron chi connectivity index (χ4n) is 5.53. The van der Waals surface area contributed by atoms with E-state index in [1.165, 1.54) is 25.3 Å². The Labute approximate surface area is 258 Å². The molecule has 4 N–H and O–H groups in total. The molecule has 10 nitrogen and oxygen atoms in total. The first kappa shape index (κ1) is 30.6. The van der Waals surface area contributed by atoms with Crippen molar-refractivity contribution in [3.05, 3.63) is 70.0 Å². The number of nitrogens with zero attached hydrogens (tertiary/aromatic N) is 3. The molecule has 0 unspecified atom stereocenters. The first-order chi connectivity index (χ1) is 21.3. The van der Waals surface area contributed by atoms with Crippen molar-refractivity contribution < 1.29 is 41.7 Å². The number of primary amides is 1. The number of aromatic nitrogens is 3. The number of pyridine rings is 1. The highest BCUT2D eigenvalue weighted by Crippen LogP contribution is 2.50. The highest BCUT2D eigenvalue weighted by Gasteiger charge is 2.50. The van der Waals surface area contributed by atoms with Crippen molar-refractivity contribution in [3.8, 4) is 22.8 Å². The van der Waals surface area contributed by atoms with E-state index in [9.17, 15) is 32.3 Å². The van der Waals surface area contributed by atoms with Crippen molar-refractivity contribution in [1.82, 2.24) is 20.1 Å². The summed E-state index contributed by atoms with van der Waals surface area (Å²) in [6.45, 7) is -1.88. The van der Waals surface area contributed by atoms with Crippen LogP contribution in [0.5, 0.6) is 11.5 Å². The summed E-state index contributed by atoms with van der Waals surface area (Å²) in [5.74, 6) is -4.07. The second-order valence-electron chi connectivity index (χ2n) is 11.4. The van der Waals surface area contributed by atoms with Crippen molar-refractivity contribution in [2.45, 2.75) is 37.3 Å². The summed E-state index contributed by atoms with van der Waals surface area (Å²) >= 11 is 5.93. The number of methoxy groups -OCH3 is 1. The van der Waals surface area contributed by atoms with E-state index in [1.54, 1.807) is 6.92 Å². The highest BCUT2D eigenvalue weighted by atomic mass is 35.5. The van der Waals surface area contributed by atoms with Gasteiger partial charge in [-0.2, -0.15) is 13.9 Å². The van der Waals surface area contributed by atoms with Crippen LogP contribution in [0.4, 0.5) is 17.6 Å². The summed E-state index contributed by atoms with van der Waals surface area (Å²) in [4.78, 5) is 30.5. The maximum atomic E-state index is 14.4. The standard InChI is InChI=1S/C30H26ClF4N5O5/c1-29(27(36)42)12-45-25-17(29)9-21(38-24(25)13-6-18(31)22(33)19(32)7-13)30(43,16-3-4-16)11-37-26(41)14-5-15-10-40(28(34)35)39-23(15)20(8-14)44-2/h5-10,16,28,43H,3-4,11-12H2,1-2H3,(H2,36,42)(H,37,41)/t29-,30+/m0/s1. The Hall–Kier alpha value is -4.43. The molecule has 1 aliphatic heterocycles. The van der Waals surface area contributed by atoms with Gasteiger partial charge in [0.15, 0.2) is 11.6 Å². The smallest absolute Gasteiger partial charge is 0.333 e. The Bertz CT molecular complexity index is 1860. The first-order valence-electron chi connectivity index (χ1n) is 13.8. The summed E-state index contributed by atoms with van der Waals surface area (Å²) in [5, 5.41) is 18.3. The number of hydrogen-bond donors (Lipinski definition) is 3. The van der Waals surface area contributed by atoms with Crippen LogP contribution in [0.2, 0.25) is 5.02 Å². The fraction of sp³-hybridized carbons (Fsp3) is 0.333. The zero-order chi connectivity index (χ0) is 32.4. The SMILES string of the molecule is COc1cc(C(=O)NC[C@](O)(c2cc3c(c(-c4cc(F)c(F)c(Cl)c4)n2)OC[C@]3(C)C(N)=O)C2CC2)cc2cn(C(F)F)nc12. The van der Waals surface area contributed by atoms with Gasteiger partial charge in [-0.15, -0.1) is 0 Å². The first-order valence-corrected chi connectivity index (χ1v) is 14.1. The third-order valence-electron chi connectivity index (χ3n) is 8.36. The number of rotatable bonds is 9. The number of carbonyl (C=O) groups excluding carboxylic acids is 2. The van der Waals surface area contributed by atoms with E-state index in [0.29, 0.717) is 17.5 Å². The Balaban J connectivity index is 1.40. The third kappa shape index (κ3) is 5.11. The van der Waals surface area contributed by atoms with E-state index in [0.717, 1.165) is 18.3 Å². The molecule has 1 aliphatic carbocycles. The maximum Gasteiger partial charge on any atom is 0.333 e. The van der Waals surface area contributed by atoms with Crippen LogP contribution in [0.15, 0.2) is 36.5 Å². The molecule has 6 rings (SSSR count). The summed E-state index contributed by atoms with van der Waals surface area (Å²) in [6, 6.07) is 6.19. The van der Waals surface area contributed by atoms with Gasteiger partial charge >= 0.3 is 6.55 Å². The van der Waals surface area contributed by atoms with E-state index < -0.39 is 46.0 Å². The number of alkyl halides is 2. The van der Waals surface area contributed by atoms with Gasteiger partial charge in [-0.1, -0.05) is 11.6 Å². The molecule has 2 aromatic heterocycles. The molecule has 0 bridgehead atoms. The normalized spacial score (nSPS) is 18.9. The fourth-order valence-corrected chi connectivity index (χ4v) is 5.74. The van der Waals surface area contributed by atoms with Gasteiger partial charge in [0.25, 0.3) is 5.91 Å². The maximum absolute atomic E-state index is 14.4. The lowest BCUT2D eigenvalue weighted by atomic mass is 9.81. The predicted octanol–water partition coefficient (Wildman–Crippen LogP) is 4.60. The van der Waals surface area contributed by atoms with Gasteiger partial charge in [-0.3, -0.25) is 9.59 Å². The molecule has 4 aromatic rings. The van der Waals surface area contributed by atoms with Crippen LogP contribution in [0.1, 0.15) is 47.9 Å². The summed E-state index contributed by atoms with van der Waals surface area (Å²) in [7, 11) is 1.31. The Morgan fingerprint density at radius 2 is 2.00 bits per heavy atom. The Kier molecular flexibility index (Phi) is 7.39. The molecule has 0 spiro atoms. The van der Waals surface area contributed by atoms with Crippen molar-refractivity contribution in [1.29, 1.82) is 0 Å². The van der Waals surface area contributed by atoms with Gasteiger partial charge in [-0.05, 0) is 56.0 Å². The van der Waals surface area contributed by atoms with Gasteiger partial charge in [-0.25, -0.2) is 18.4 Å². The summed E-state index contributed by atoms with van der Waals surface area (Å²) in [6.07, 6.45) is 2.24. The molecule has 15 heteroatoms. The monoisotopic (exact) mass is 647 g/mol. The van der Waals surface area contributed by atoms with E-state index in [-0.39, 0.29) is 69.5 Å². The van der Waals surface area contributed by atoms with Crippen molar-refractivity contribution in [3.63, 3.8) is 0 Å². The zero-order valence-corrected chi connectivity index (χ0v) is 24.6. The quantitative estimate of drug-likeness (QED) is 0.178. The van der Waals surface area contributed by atoms with Crippen molar-refractivity contribution in [2.75, 3.05) is 20.3 Å². The molecule has 2 aromatic carbocycles. The molecule has 45 heavy (non-hydrogen) atoms. The zero-order valence-electron chi connectivity index (χ0n) is 23.8. The van der Waals surface area contributed by atoms with Crippen molar-refractivity contribution in [2.24, 2.45) is 11.7 Å². The lowest BCUT2D eigenvalue weighted by molar-refractivity contribution is -0.123. The second-order valence-corrected chi connectivity index (χ2v) is 11.8. The minimum atomic E-state index is -2.90. The average molecular weight is 648 g/mol. The number of nitrogens with one attached hydrogen (secondary N) is 1. The molecule has 3 heterocycles. The molecule has 1 saturated carbocycles. The molecule has 1 fully saturated rings. The van der Waals surface area contributed by atoms with Gasteiger partial charge < -0.3 is 25.6 Å². The minimum absolute atomic E-state index is 0.00935. The van der Waals surface area contributed by atoms with Crippen LogP contribution in [0.25, 0.3) is 22.2 Å². The lowest BCUT2D eigenvalue weighted by Crippen LogP contribution is -2.44. The third-order valence-corrected chi connectivity index (χ3v) is 8.64. The minimum Gasteiger partial charge on any atom is -0.494 e. The number of carbonyl (C=O) groups is 2. The number of amides is 2. The van der Waals surface area contributed by atoms with Gasteiger partial charge in [0.2, 0.25) is 5.91 Å². The number of ether oxygens (including phenoxy) is 2. The van der Waals surface area contributed by atoms with E-state index in [1.807, 2.05) is 0 Å². The van der Waals surface area contributed by atoms with E-state index in [4.69, 9.17) is 26.8 Å². The number of hydrogen-bond acceptors (Lipinski definition) is 7. The number of aliphatic hydroxyl groups is 1. The summed E-state index contributed by atoms with van der Waals surface area (Å²) in [5.41, 5.74) is 3.09.